The van der Waals surface area contributed by atoms with Crippen LogP contribution in [0.25, 0.3) is 0 Å². The van der Waals surface area contributed by atoms with Gasteiger partial charge < -0.3 is 16.4 Å². The highest BCUT2D eigenvalue weighted by Crippen LogP contribution is 2.49. The Morgan fingerprint density at radius 3 is 2.48 bits per heavy atom. The molecule has 0 aromatic heterocycles. The number of quaternary nitrogens is 1. The molecule has 2 aromatic rings. The number of nitrogens with two attached hydrogens (primary N) is 2. The highest BCUT2D eigenvalue weighted by atomic mass is 16.2. The number of primary amides is 1. The highest BCUT2D eigenvalue weighted by Gasteiger charge is 2.73. The van der Waals surface area contributed by atoms with Crippen LogP contribution in [0.4, 0.5) is 5.69 Å². The van der Waals surface area contributed by atoms with Crippen molar-refractivity contribution >= 4 is 29.3 Å². The zero-order chi connectivity index (χ0) is 21.8. The molecule has 158 valence electrons. The van der Waals surface area contributed by atoms with Crippen LogP contribution in [0.1, 0.15) is 24.0 Å². The number of imide groups is 1. The standard InChI is InChI=1S/C23H22N4O4/c24-17(28)11-10-16-18-19(21(30)27(20(18)29)12-13-6-2-1-3-7-13)23(26-16)14-8-4-5-9-15(14)25-22(23)31/h1-9,16,18-19,26H,10-12H2,(H2,24,28)(H,25,31)/p+1/t16-,18+,19-,23-/m0/s1. The Labute approximate surface area is 178 Å². The van der Waals surface area contributed by atoms with E-state index in [0.29, 0.717) is 17.7 Å². The lowest BCUT2D eigenvalue weighted by molar-refractivity contribution is -0.734. The summed E-state index contributed by atoms with van der Waals surface area (Å²) in [5.41, 5.74) is 6.33. The van der Waals surface area contributed by atoms with Crippen LogP contribution in [-0.4, -0.2) is 34.6 Å². The summed E-state index contributed by atoms with van der Waals surface area (Å²) in [6.45, 7) is 0.160. The molecule has 8 nitrogen and oxygen atoms in total. The first-order valence-corrected chi connectivity index (χ1v) is 10.4. The van der Waals surface area contributed by atoms with Gasteiger partial charge in [0, 0.05) is 18.4 Å². The van der Waals surface area contributed by atoms with Crippen molar-refractivity contribution in [2.45, 2.75) is 31.0 Å². The van der Waals surface area contributed by atoms with E-state index in [9.17, 15) is 19.2 Å². The second kappa shape index (κ2) is 7.02. The fraction of sp³-hybridized carbons (Fsp3) is 0.304. The Bertz CT molecular complexity index is 1100. The van der Waals surface area contributed by atoms with Crippen molar-refractivity contribution in [3.63, 3.8) is 0 Å². The van der Waals surface area contributed by atoms with E-state index in [1.807, 2.05) is 53.8 Å². The highest BCUT2D eigenvalue weighted by molar-refractivity contribution is 6.13. The molecule has 4 amide bonds. The number of nitrogens with one attached hydrogen (secondary N) is 1. The predicted molar refractivity (Wildman–Crippen MR) is 110 cm³/mol. The molecule has 31 heavy (non-hydrogen) atoms. The van der Waals surface area contributed by atoms with Gasteiger partial charge in [-0.05, 0) is 11.6 Å². The van der Waals surface area contributed by atoms with Crippen LogP contribution < -0.4 is 16.4 Å². The molecule has 2 fully saturated rings. The van der Waals surface area contributed by atoms with Gasteiger partial charge in [0.2, 0.25) is 23.3 Å². The SMILES string of the molecule is NC(=O)CC[C@@H]1[NH2+][C@]2(C(=O)Nc3ccccc32)[C@@H]2C(=O)N(Cc3ccccc3)C(=O)[C@H]12. The molecule has 3 heterocycles. The zero-order valence-corrected chi connectivity index (χ0v) is 16.8. The minimum Gasteiger partial charge on any atom is -0.370 e. The van der Waals surface area contributed by atoms with Crippen LogP contribution >= 0.6 is 0 Å². The zero-order valence-electron chi connectivity index (χ0n) is 16.8. The van der Waals surface area contributed by atoms with E-state index in [0.717, 1.165) is 5.56 Å². The number of fused-ring (bicyclic) bond motifs is 4. The minimum atomic E-state index is -1.22. The van der Waals surface area contributed by atoms with Gasteiger partial charge in [0.15, 0.2) is 0 Å². The molecule has 2 aromatic carbocycles. The molecule has 5 rings (SSSR count). The summed E-state index contributed by atoms with van der Waals surface area (Å²) >= 11 is 0. The quantitative estimate of drug-likeness (QED) is 0.583. The van der Waals surface area contributed by atoms with Crippen LogP contribution in [0.5, 0.6) is 0 Å². The summed E-state index contributed by atoms with van der Waals surface area (Å²) in [5.74, 6) is -2.92. The molecule has 2 saturated heterocycles. The Hall–Kier alpha value is -3.52. The summed E-state index contributed by atoms with van der Waals surface area (Å²) < 4.78 is 0. The van der Waals surface area contributed by atoms with E-state index < -0.39 is 29.3 Å². The topological polar surface area (TPSA) is 126 Å². The fourth-order valence-corrected chi connectivity index (χ4v) is 5.47. The van der Waals surface area contributed by atoms with Crippen molar-refractivity contribution < 1.29 is 24.5 Å². The van der Waals surface area contributed by atoms with E-state index in [4.69, 9.17) is 5.73 Å². The van der Waals surface area contributed by atoms with Gasteiger partial charge in [-0.25, -0.2) is 0 Å². The summed E-state index contributed by atoms with van der Waals surface area (Å²) in [6, 6.07) is 16.2. The lowest BCUT2D eigenvalue weighted by Gasteiger charge is -2.26. The van der Waals surface area contributed by atoms with E-state index in [1.165, 1.54) is 4.90 Å². The van der Waals surface area contributed by atoms with Crippen LogP contribution in [0.15, 0.2) is 54.6 Å². The second-order valence-electron chi connectivity index (χ2n) is 8.46. The number of anilines is 1. The lowest BCUT2D eigenvalue weighted by Crippen LogP contribution is -2.99. The first kappa shape index (κ1) is 19.4. The van der Waals surface area contributed by atoms with Gasteiger partial charge in [0.05, 0.1) is 12.2 Å². The number of amides is 4. The number of likely N-dealkylation sites (tertiary alicyclic amines) is 1. The average molecular weight is 419 g/mol. The monoisotopic (exact) mass is 419 g/mol. The number of carbonyl (C=O) groups excluding carboxylic acids is 4. The molecular weight excluding hydrogens is 396 g/mol. The normalized spacial score (nSPS) is 28.7. The van der Waals surface area contributed by atoms with Crippen molar-refractivity contribution in [1.82, 2.24) is 4.90 Å². The van der Waals surface area contributed by atoms with Crippen molar-refractivity contribution in [1.29, 1.82) is 0 Å². The Balaban J connectivity index is 1.58. The van der Waals surface area contributed by atoms with Crippen molar-refractivity contribution in [3.05, 3.63) is 65.7 Å². The summed E-state index contributed by atoms with van der Waals surface area (Å²) in [4.78, 5) is 53.1. The van der Waals surface area contributed by atoms with Gasteiger partial charge in [-0.2, -0.15) is 0 Å². The van der Waals surface area contributed by atoms with Crippen LogP contribution in [0, 0.1) is 11.8 Å². The Kier molecular flexibility index (Phi) is 4.40. The first-order valence-electron chi connectivity index (χ1n) is 10.4. The van der Waals surface area contributed by atoms with Crippen molar-refractivity contribution in [3.8, 4) is 0 Å². The number of carbonyl (C=O) groups is 4. The summed E-state index contributed by atoms with van der Waals surface area (Å²) in [7, 11) is 0. The molecule has 0 saturated carbocycles. The largest absolute Gasteiger partial charge is 0.370 e. The first-order chi connectivity index (χ1) is 14.9. The maximum atomic E-state index is 13.6. The molecular formula is C23H23N4O4+. The average Bonchev–Trinajstić information content (AvgIpc) is 3.34. The van der Waals surface area contributed by atoms with E-state index in [2.05, 4.69) is 5.32 Å². The smallest absolute Gasteiger partial charge is 0.291 e. The van der Waals surface area contributed by atoms with Gasteiger partial charge in [0.1, 0.15) is 17.9 Å². The maximum absolute atomic E-state index is 13.6. The van der Waals surface area contributed by atoms with Gasteiger partial charge in [-0.3, -0.25) is 24.1 Å². The number of nitrogens with zero attached hydrogens (tertiary/aromatic N) is 1. The summed E-state index contributed by atoms with van der Waals surface area (Å²) in [5, 5.41) is 4.71. The molecule has 0 aliphatic carbocycles. The number of hydrogen-bond donors (Lipinski definition) is 3. The van der Waals surface area contributed by atoms with Crippen LogP contribution in [0.2, 0.25) is 0 Å². The van der Waals surface area contributed by atoms with Crippen molar-refractivity contribution in [2.75, 3.05) is 5.32 Å². The van der Waals surface area contributed by atoms with E-state index in [1.54, 1.807) is 6.07 Å². The Morgan fingerprint density at radius 1 is 1.03 bits per heavy atom. The number of para-hydroxylation sites is 1. The third-order valence-corrected chi connectivity index (χ3v) is 6.78. The van der Waals surface area contributed by atoms with E-state index in [-0.39, 0.29) is 30.7 Å². The summed E-state index contributed by atoms with van der Waals surface area (Å²) in [6.07, 6.45) is 0.412. The Morgan fingerprint density at radius 2 is 1.74 bits per heavy atom. The fourth-order valence-electron chi connectivity index (χ4n) is 5.47. The van der Waals surface area contributed by atoms with Crippen LogP contribution in [-0.2, 0) is 31.3 Å². The molecule has 4 atom stereocenters. The van der Waals surface area contributed by atoms with Gasteiger partial charge in [-0.15, -0.1) is 0 Å². The third kappa shape index (κ3) is 2.79. The molecule has 8 heteroatoms. The van der Waals surface area contributed by atoms with Crippen molar-refractivity contribution in [2.24, 2.45) is 17.6 Å². The van der Waals surface area contributed by atoms with Gasteiger partial charge in [0.25, 0.3) is 5.91 Å². The number of benzene rings is 2. The lowest BCUT2D eigenvalue weighted by atomic mass is 9.76. The molecule has 3 aliphatic heterocycles. The van der Waals surface area contributed by atoms with Gasteiger partial charge in [-0.1, -0.05) is 48.5 Å². The van der Waals surface area contributed by atoms with Crippen LogP contribution in [0.3, 0.4) is 0 Å². The molecule has 3 aliphatic rings. The second-order valence-corrected chi connectivity index (χ2v) is 8.46. The third-order valence-electron chi connectivity index (χ3n) is 6.78. The number of hydrogen-bond acceptors (Lipinski definition) is 4. The molecule has 0 bridgehead atoms. The minimum absolute atomic E-state index is 0.0872. The van der Waals surface area contributed by atoms with Gasteiger partial charge >= 0.3 is 0 Å². The maximum Gasteiger partial charge on any atom is 0.291 e. The molecule has 5 N–H and O–H groups in total. The molecule has 0 unspecified atom stereocenters. The molecule has 0 radical (unpaired) electrons. The predicted octanol–water partition coefficient (Wildman–Crippen LogP) is -0.153. The molecule has 1 spiro atoms. The van der Waals surface area contributed by atoms with E-state index >= 15 is 0 Å². The number of rotatable bonds is 5.